The average molecular weight is 251 g/mol. The molecule has 0 aromatic carbocycles. The van der Waals surface area contributed by atoms with E-state index in [4.69, 9.17) is 5.11 Å². The molecule has 1 saturated heterocycles. The summed E-state index contributed by atoms with van der Waals surface area (Å²) < 4.78 is 1.80. The van der Waals surface area contributed by atoms with E-state index >= 15 is 0 Å². The highest BCUT2D eigenvalue weighted by molar-refractivity contribution is 5.92. The Bertz CT molecular complexity index is 447. The number of rotatable bonds is 3. The van der Waals surface area contributed by atoms with E-state index in [0.717, 1.165) is 0 Å². The Morgan fingerprint density at radius 3 is 2.44 bits per heavy atom. The minimum atomic E-state index is -0.822. The Balaban J connectivity index is 1.92. The summed E-state index contributed by atoms with van der Waals surface area (Å²) in [5.74, 6) is -0.810. The summed E-state index contributed by atoms with van der Waals surface area (Å²) in [7, 11) is 1.84. The fourth-order valence-electron chi connectivity index (χ4n) is 2.15. The van der Waals surface area contributed by atoms with Crippen molar-refractivity contribution < 1.29 is 14.7 Å². The van der Waals surface area contributed by atoms with Gasteiger partial charge in [0.05, 0.1) is 6.54 Å². The first-order valence-electron chi connectivity index (χ1n) is 5.92. The highest BCUT2D eigenvalue weighted by atomic mass is 16.4. The van der Waals surface area contributed by atoms with Gasteiger partial charge in [-0.2, -0.15) is 0 Å². The van der Waals surface area contributed by atoms with Gasteiger partial charge in [0.2, 0.25) is 0 Å². The van der Waals surface area contributed by atoms with Gasteiger partial charge in [-0.25, -0.2) is 0 Å². The van der Waals surface area contributed by atoms with E-state index in [1.54, 1.807) is 15.5 Å². The topological polar surface area (TPSA) is 65.8 Å². The molecule has 0 atom stereocenters. The smallest absolute Gasteiger partial charge is 0.317 e. The molecule has 1 aliphatic rings. The first kappa shape index (κ1) is 12.6. The molecule has 0 radical (unpaired) electrons. The van der Waals surface area contributed by atoms with Crippen LogP contribution < -0.4 is 0 Å². The zero-order valence-electron chi connectivity index (χ0n) is 10.4. The van der Waals surface area contributed by atoms with Crippen molar-refractivity contribution in [1.82, 2.24) is 14.4 Å². The molecule has 6 heteroatoms. The third-order valence-electron chi connectivity index (χ3n) is 3.18. The first-order valence-corrected chi connectivity index (χ1v) is 5.92. The molecule has 1 fully saturated rings. The summed E-state index contributed by atoms with van der Waals surface area (Å²) in [4.78, 5) is 26.4. The minimum Gasteiger partial charge on any atom is -0.480 e. The van der Waals surface area contributed by atoms with Gasteiger partial charge in [-0.05, 0) is 12.1 Å². The summed E-state index contributed by atoms with van der Waals surface area (Å²) in [6.07, 6.45) is 1.84. The number of piperazine rings is 1. The summed E-state index contributed by atoms with van der Waals surface area (Å²) in [5, 5.41) is 8.70. The highest BCUT2D eigenvalue weighted by Crippen LogP contribution is 2.08. The van der Waals surface area contributed by atoms with Crippen LogP contribution >= 0.6 is 0 Å². The number of aromatic nitrogens is 1. The van der Waals surface area contributed by atoms with Gasteiger partial charge < -0.3 is 14.6 Å². The van der Waals surface area contributed by atoms with Crippen molar-refractivity contribution in [2.24, 2.45) is 7.05 Å². The molecule has 1 aliphatic heterocycles. The predicted octanol–water partition coefficient (Wildman–Crippen LogP) is -0.132. The average Bonchev–Trinajstić information content (AvgIpc) is 2.75. The van der Waals surface area contributed by atoms with Crippen molar-refractivity contribution in [3.05, 3.63) is 24.0 Å². The zero-order valence-corrected chi connectivity index (χ0v) is 10.4. The number of nitrogens with zero attached hydrogens (tertiary/aromatic N) is 3. The monoisotopic (exact) mass is 251 g/mol. The van der Waals surface area contributed by atoms with Crippen LogP contribution in [0.4, 0.5) is 0 Å². The van der Waals surface area contributed by atoms with Crippen molar-refractivity contribution in [3.8, 4) is 0 Å². The molecule has 0 aliphatic carbocycles. The second-order valence-electron chi connectivity index (χ2n) is 4.47. The Morgan fingerprint density at radius 1 is 1.28 bits per heavy atom. The summed E-state index contributed by atoms with van der Waals surface area (Å²) >= 11 is 0. The molecule has 0 spiro atoms. The lowest BCUT2D eigenvalue weighted by molar-refractivity contribution is -0.138. The van der Waals surface area contributed by atoms with Crippen LogP contribution in [0.15, 0.2) is 18.3 Å². The van der Waals surface area contributed by atoms with E-state index in [1.807, 2.05) is 24.2 Å². The molecule has 18 heavy (non-hydrogen) atoms. The third-order valence-corrected chi connectivity index (χ3v) is 3.18. The molecule has 0 bridgehead atoms. The van der Waals surface area contributed by atoms with Crippen molar-refractivity contribution in [2.75, 3.05) is 32.7 Å². The van der Waals surface area contributed by atoms with E-state index in [2.05, 4.69) is 0 Å². The number of aryl methyl sites for hydroxylation is 1. The van der Waals surface area contributed by atoms with Gasteiger partial charge in [-0.3, -0.25) is 14.5 Å². The molecular formula is C12H17N3O3. The number of carboxylic acid groups (broad SMARTS) is 1. The van der Waals surface area contributed by atoms with Gasteiger partial charge in [0.25, 0.3) is 5.91 Å². The normalized spacial score (nSPS) is 16.8. The van der Waals surface area contributed by atoms with Crippen LogP contribution in [0, 0.1) is 0 Å². The number of aliphatic carboxylic acids is 1. The Kier molecular flexibility index (Phi) is 3.66. The van der Waals surface area contributed by atoms with Crippen molar-refractivity contribution >= 4 is 11.9 Å². The van der Waals surface area contributed by atoms with Crippen LogP contribution in [0.25, 0.3) is 0 Å². The second kappa shape index (κ2) is 5.22. The van der Waals surface area contributed by atoms with E-state index in [-0.39, 0.29) is 12.5 Å². The lowest BCUT2D eigenvalue weighted by Crippen LogP contribution is -2.50. The lowest BCUT2D eigenvalue weighted by Gasteiger charge is -2.33. The summed E-state index contributed by atoms with van der Waals surface area (Å²) in [5.41, 5.74) is 0.668. The van der Waals surface area contributed by atoms with Gasteiger partial charge in [-0.1, -0.05) is 0 Å². The highest BCUT2D eigenvalue weighted by Gasteiger charge is 2.24. The molecular weight excluding hydrogens is 234 g/mol. The van der Waals surface area contributed by atoms with Crippen LogP contribution in [0.2, 0.25) is 0 Å². The maximum absolute atomic E-state index is 12.2. The van der Waals surface area contributed by atoms with E-state index in [0.29, 0.717) is 31.9 Å². The maximum atomic E-state index is 12.2. The molecule has 1 N–H and O–H groups in total. The minimum absolute atomic E-state index is 0.0116. The van der Waals surface area contributed by atoms with Crippen LogP contribution in [-0.2, 0) is 11.8 Å². The van der Waals surface area contributed by atoms with Crippen molar-refractivity contribution in [2.45, 2.75) is 0 Å². The van der Waals surface area contributed by atoms with E-state index in [1.165, 1.54) is 0 Å². The largest absolute Gasteiger partial charge is 0.480 e. The third kappa shape index (κ3) is 2.70. The second-order valence-corrected chi connectivity index (χ2v) is 4.47. The van der Waals surface area contributed by atoms with Gasteiger partial charge >= 0.3 is 5.97 Å². The fourth-order valence-corrected chi connectivity index (χ4v) is 2.15. The van der Waals surface area contributed by atoms with Crippen LogP contribution in [0.5, 0.6) is 0 Å². The Hall–Kier alpha value is -1.82. The van der Waals surface area contributed by atoms with Gasteiger partial charge in [0.15, 0.2) is 0 Å². The summed E-state index contributed by atoms with van der Waals surface area (Å²) in [6.45, 7) is 2.44. The van der Waals surface area contributed by atoms with Gasteiger partial charge in [-0.15, -0.1) is 0 Å². The number of hydrogen-bond acceptors (Lipinski definition) is 3. The number of carbonyl (C=O) groups is 2. The van der Waals surface area contributed by atoms with Crippen LogP contribution in [0.3, 0.4) is 0 Å². The molecule has 1 aromatic rings. The van der Waals surface area contributed by atoms with Crippen LogP contribution in [-0.4, -0.2) is 64.1 Å². The van der Waals surface area contributed by atoms with Gasteiger partial charge in [0, 0.05) is 39.4 Å². The number of amides is 1. The molecule has 6 nitrogen and oxygen atoms in total. The Morgan fingerprint density at radius 2 is 1.94 bits per heavy atom. The first-order chi connectivity index (χ1) is 8.58. The van der Waals surface area contributed by atoms with Crippen molar-refractivity contribution in [1.29, 1.82) is 0 Å². The number of carboxylic acids is 1. The van der Waals surface area contributed by atoms with E-state index < -0.39 is 5.97 Å². The molecule has 98 valence electrons. The molecule has 2 rings (SSSR count). The molecule has 1 aromatic heterocycles. The zero-order chi connectivity index (χ0) is 13.1. The Labute approximate surface area is 105 Å². The molecule has 0 saturated carbocycles. The van der Waals surface area contributed by atoms with Crippen molar-refractivity contribution in [3.63, 3.8) is 0 Å². The van der Waals surface area contributed by atoms with Crippen LogP contribution in [0.1, 0.15) is 10.5 Å². The number of carbonyl (C=O) groups excluding carboxylic acids is 1. The summed E-state index contributed by atoms with van der Waals surface area (Å²) in [6, 6.07) is 3.64. The number of hydrogen-bond donors (Lipinski definition) is 1. The maximum Gasteiger partial charge on any atom is 0.317 e. The molecule has 1 amide bonds. The standard InChI is InChI=1S/C12H17N3O3/c1-13-4-2-3-10(13)12(18)15-7-5-14(6-8-15)9-11(16)17/h2-4H,5-9H2,1H3,(H,16,17). The fraction of sp³-hybridized carbons (Fsp3) is 0.500. The van der Waals surface area contributed by atoms with Gasteiger partial charge in [0.1, 0.15) is 5.69 Å². The predicted molar refractivity (Wildman–Crippen MR) is 65.4 cm³/mol. The lowest BCUT2D eigenvalue weighted by atomic mass is 10.2. The molecule has 0 unspecified atom stereocenters. The van der Waals surface area contributed by atoms with E-state index in [9.17, 15) is 9.59 Å². The quantitative estimate of drug-likeness (QED) is 0.812. The molecule has 2 heterocycles. The SMILES string of the molecule is Cn1cccc1C(=O)N1CCN(CC(=O)O)CC1.